The summed E-state index contributed by atoms with van der Waals surface area (Å²) >= 11 is 0. The average Bonchev–Trinajstić information content (AvgIpc) is 2.53. The third-order valence-corrected chi connectivity index (χ3v) is 3.35. The van der Waals surface area contributed by atoms with E-state index in [-0.39, 0.29) is 11.3 Å². The smallest absolute Gasteiger partial charge is 0.338 e. The molecule has 0 radical (unpaired) electrons. The summed E-state index contributed by atoms with van der Waals surface area (Å²) in [6, 6.07) is 12.0. The SMILES string of the molecule is COC(=O)c1ccc(NCc2ccccc2C)c([N+](=O)[O-])c1. The Morgan fingerprint density at radius 3 is 2.64 bits per heavy atom. The average molecular weight is 300 g/mol. The van der Waals surface area contributed by atoms with Gasteiger partial charge in [0, 0.05) is 12.6 Å². The van der Waals surface area contributed by atoms with E-state index in [2.05, 4.69) is 10.1 Å². The molecule has 0 bridgehead atoms. The Morgan fingerprint density at radius 2 is 2.00 bits per heavy atom. The van der Waals surface area contributed by atoms with Crippen molar-refractivity contribution in [3.63, 3.8) is 0 Å². The number of carbonyl (C=O) groups is 1. The van der Waals surface area contributed by atoms with E-state index in [4.69, 9.17) is 0 Å². The number of nitro benzene ring substituents is 1. The predicted octanol–water partition coefficient (Wildman–Crippen LogP) is 3.30. The first-order chi connectivity index (χ1) is 10.5. The molecule has 6 nitrogen and oxygen atoms in total. The molecule has 0 saturated carbocycles. The molecule has 0 heterocycles. The Labute approximate surface area is 127 Å². The highest BCUT2D eigenvalue weighted by atomic mass is 16.6. The van der Waals surface area contributed by atoms with Crippen molar-refractivity contribution in [3.8, 4) is 0 Å². The zero-order valence-electron chi connectivity index (χ0n) is 12.3. The molecule has 0 spiro atoms. The van der Waals surface area contributed by atoms with Crippen LogP contribution in [0.1, 0.15) is 21.5 Å². The number of hydrogen-bond donors (Lipinski definition) is 1. The summed E-state index contributed by atoms with van der Waals surface area (Å²) in [5, 5.41) is 14.2. The number of benzene rings is 2. The Hall–Kier alpha value is -2.89. The summed E-state index contributed by atoms with van der Waals surface area (Å²) in [5.41, 5.74) is 2.51. The second-order valence-corrected chi connectivity index (χ2v) is 4.76. The lowest BCUT2D eigenvalue weighted by molar-refractivity contribution is -0.384. The molecule has 0 aliphatic heterocycles. The van der Waals surface area contributed by atoms with Crippen molar-refractivity contribution in [2.24, 2.45) is 0 Å². The predicted molar refractivity (Wildman–Crippen MR) is 82.9 cm³/mol. The largest absolute Gasteiger partial charge is 0.465 e. The number of anilines is 1. The zero-order valence-corrected chi connectivity index (χ0v) is 12.3. The van der Waals surface area contributed by atoms with Gasteiger partial charge in [0.05, 0.1) is 17.6 Å². The molecule has 2 rings (SSSR count). The van der Waals surface area contributed by atoms with Gasteiger partial charge in [0.2, 0.25) is 0 Å². The number of rotatable bonds is 5. The third kappa shape index (κ3) is 3.41. The lowest BCUT2D eigenvalue weighted by Gasteiger charge is -2.10. The summed E-state index contributed by atoms with van der Waals surface area (Å²) in [5.74, 6) is -0.603. The van der Waals surface area contributed by atoms with E-state index >= 15 is 0 Å². The van der Waals surface area contributed by atoms with Crippen molar-refractivity contribution in [3.05, 3.63) is 69.3 Å². The van der Waals surface area contributed by atoms with Gasteiger partial charge in [0.1, 0.15) is 5.69 Å². The maximum absolute atomic E-state index is 11.5. The Morgan fingerprint density at radius 1 is 1.27 bits per heavy atom. The molecule has 0 amide bonds. The maximum atomic E-state index is 11.5. The number of esters is 1. The molecule has 22 heavy (non-hydrogen) atoms. The number of methoxy groups -OCH3 is 1. The number of nitrogens with zero attached hydrogens (tertiary/aromatic N) is 1. The van der Waals surface area contributed by atoms with Crippen molar-refractivity contribution in [1.29, 1.82) is 0 Å². The van der Waals surface area contributed by atoms with Crippen molar-refractivity contribution in [1.82, 2.24) is 0 Å². The van der Waals surface area contributed by atoms with Crippen LogP contribution in [0.5, 0.6) is 0 Å². The fourth-order valence-corrected chi connectivity index (χ4v) is 2.08. The Balaban J connectivity index is 2.25. The van der Waals surface area contributed by atoms with E-state index in [1.165, 1.54) is 25.3 Å². The van der Waals surface area contributed by atoms with Gasteiger partial charge in [-0.2, -0.15) is 0 Å². The minimum atomic E-state index is -0.603. The van der Waals surface area contributed by atoms with Crippen LogP contribution < -0.4 is 5.32 Å². The molecule has 0 saturated heterocycles. The van der Waals surface area contributed by atoms with Gasteiger partial charge in [0.25, 0.3) is 5.69 Å². The van der Waals surface area contributed by atoms with Crippen LogP contribution in [0.15, 0.2) is 42.5 Å². The summed E-state index contributed by atoms with van der Waals surface area (Å²) in [7, 11) is 1.23. The van der Waals surface area contributed by atoms with Crippen LogP contribution in [0.25, 0.3) is 0 Å². The number of nitrogens with one attached hydrogen (secondary N) is 1. The van der Waals surface area contributed by atoms with Crippen LogP contribution >= 0.6 is 0 Å². The lowest BCUT2D eigenvalue weighted by atomic mass is 10.1. The highest BCUT2D eigenvalue weighted by Crippen LogP contribution is 2.26. The molecule has 0 atom stereocenters. The summed E-state index contributed by atoms with van der Waals surface area (Å²) in [4.78, 5) is 22.1. The lowest BCUT2D eigenvalue weighted by Crippen LogP contribution is -2.06. The molecule has 1 N–H and O–H groups in total. The third-order valence-electron chi connectivity index (χ3n) is 3.35. The molecular formula is C16H16N2O4. The highest BCUT2D eigenvalue weighted by Gasteiger charge is 2.17. The second kappa shape index (κ2) is 6.71. The number of nitro groups is 1. The van der Waals surface area contributed by atoms with E-state index in [1.54, 1.807) is 0 Å². The molecule has 0 aliphatic carbocycles. The van der Waals surface area contributed by atoms with Crippen LogP contribution in [0.2, 0.25) is 0 Å². The van der Waals surface area contributed by atoms with Gasteiger partial charge in [-0.25, -0.2) is 4.79 Å². The number of ether oxygens (including phenoxy) is 1. The molecule has 0 unspecified atom stereocenters. The van der Waals surface area contributed by atoms with Gasteiger partial charge in [-0.15, -0.1) is 0 Å². The van der Waals surface area contributed by atoms with E-state index < -0.39 is 10.9 Å². The topological polar surface area (TPSA) is 81.5 Å². The minimum Gasteiger partial charge on any atom is -0.465 e. The van der Waals surface area contributed by atoms with Crippen molar-refractivity contribution < 1.29 is 14.5 Å². The first kappa shape index (κ1) is 15.5. The van der Waals surface area contributed by atoms with Crippen LogP contribution in [0.3, 0.4) is 0 Å². The van der Waals surface area contributed by atoms with Gasteiger partial charge < -0.3 is 10.1 Å². The first-order valence-electron chi connectivity index (χ1n) is 6.68. The van der Waals surface area contributed by atoms with Crippen LogP contribution in [-0.2, 0) is 11.3 Å². The molecular weight excluding hydrogens is 284 g/mol. The molecule has 0 aliphatic rings. The first-order valence-corrected chi connectivity index (χ1v) is 6.68. The summed E-state index contributed by atoms with van der Waals surface area (Å²) in [6.45, 7) is 2.44. The monoisotopic (exact) mass is 300 g/mol. The Kier molecular flexibility index (Phi) is 4.73. The molecule has 114 valence electrons. The van der Waals surface area contributed by atoms with Gasteiger partial charge in [-0.05, 0) is 30.2 Å². The summed E-state index contributed by atoms with van der Waals surface area (Å²) in [6.07, 6.45) is 0. The van der Waals surface area contributed by atoms with Crippen LogP contribution in [0.4, 0.5) is 11.4 Å². The standard InChI is InChI=1S/C16H16N2O4/c1-11-5-3-4-6-13(11)10-17-14-8-7-12(16(19)22-2)9-15(14)18(20)21/h3-9,17H,10H2,1-2H3. The van der Waals surface area contributed by atoms with Crippen molar-refractivity contribution in [2.75, 3.05) is 12.4 Å². The molecule has 2 aromatic rings. The van der Waals surface area contributed by atoms with E-state index in [1.807, 2.05) is 31.2 Å². The van der Waals surface area contributed by atoms with Gasteiger partial charge in [-0.1, -0.05) is 24.3 Å². The fraction of sp³-hybridized carbons (Fsp3) is 0.188. The molecule has 0 aromatic heterocycles. The Bertz CT molecular complexity index is 713. The van der Waals surface area contributed by atoms with E-state index in [0.29, 0.717) is 12.2 Å². The normalized spacial score (nSPS) is 10.1. The molecule has 6 heteroatoms. The molecule has 0 fully saturated rings. The summed E-state index contributed by atoms with van der Waals surface area (Å²) < 4.78 is 4.57. The zero-order chi connectivity index (χ0) is 16.1. The second-order valence-electron chi connectivity index (χ2n) is 4.76. The van der Waals surface area contributed by atoms with Crippen LogP contribution in [0, 0.1) is 17.0 Å². The van der Waals surface area contributed by atoms with Crippen molar-refractivity contribution >= 4 is 17.3 Å². The fourth-order valence-electron chi connectivity index (χ4n) is 2.08. The van der Waals surface area contributed by atoms with E-state index in [0.717, 1.165) is 11.1 Å². The number of carbonyl (C=O) groups excluding carboxylic acids is 1. The van der Waals surface area contributed by atoms with Gasteiger partial charge in [-0.3, -0.25) is 10.1 Å². The number of aryl methyl sites for hydroxylation is 1. The van der Waals surface area contributed by atoms with Gasteiger partial charge in [0.15, 0.2) is 0 Å². The number of hydrogen-bond acceptors (Lipinski definition) is 5. The molecule has 2 aromatic carbocycles. The maximum Gasteiger partial charge on any atom is 0.338 e. The van der Waals surface area contributed by atoms with Gasteiger partial charge >= 0.3 is 5.97 Å². The van der Waals surface area contributed by atoms with Crippen molar-refractivity contribution in [2.45, 2.75) is 13.5 Å². The minimum absolute atomic E-state index is 0.149. The van der Waals surface area contributed by atoms with Crippen LogP contribution in [-0.4, -0.2) is 18.0 Å². The van der Waals surface area contributed by atoms with E-state index in [9.17, 15) is 14.9 Å². The highest BCUT2D eigenvalue weighted by molar-refractivity contribution is 5.91. The quantitative estimate of drug-likeness (QED) is 0.520.